The van der Waals surface area contributed by atoms with Crippen LogP contribution in [0.1, 0.15) is 11.6 Å². The largest absolute Gasteiger partial charge is 0.323 e. The molecule has 1 aliphatic rings. The van der Waals surface area contributed by atoms with E-state index >= 15 is 0 Å². The van der Waals surface area contributed by atoms with Gasteiger partial charge in [-0.2, -0.15) is 0 Å². The number of carbonyl (C=O) groups excluding carboxylic acids is 2. The molecule has 1 unspecified atom stereocenters. The van der Waals surface area contributed by atoms with Crippen LogP contribution in [0.3, 0.4) is 0 Å². The SMILES string of the molecule is NC(C(=O)N1CC(=O)Nc2ccccc21)c1ccccc1. The van der Waals surface area contributed by atoms with Crippen molar-refractivity contribution >= 4 is 23.2 Å². The van der Waals surface area contributed by atoms with Crippen LogP contribution in [-0.2, 0) is 9.59 Å². The maximum absolute atomic E-state index is 12.6. The van der Waals surface area contributed by atoms with Gasteiger partial charge in [-0.15, -0.1) is 0 Å². The summed E-state index contributed by atoms with van der Waals surface area (Å²) in [5, 5.41) is 2.75. The highest BCUT2D eigenvalue weighted by Crippen LogP contribution is 2.30. The number of anilines is 2. The Balaban J connectivity index is 1.93. The highest BCUT2D eigenvalue weighted by atomic mass is 16.2. The highest BCUT2D eigenvalue weighted by Gasteiger charge is 2.30. The molecule has 5 nitrogen and oxygen atoms in total. The molecule has 21 heavy (non-hydrogen) atoms. The van der Waals surface area contributed by atoms with Gasteiger partial charge >= 0.3 is 0 Å². The van der Waals surface area contributed by atoms with Gasteiger partial charge < -0.3 is 11.1 Å². The smallest absolute Gasteiger partial charge is 0.249 e. The van der Waals surface area contributed by atoms with Crippen LogP contribution in [0.2, 0.25) is 0 Å². The van der Waals surface area contributed by atoms with Gasteiger partial charge in [-0.05, 0) is 17.7 Å². The Hall–Kier alpha value is -2.66. The molecule has 2 amide bonds. The zero-order valence-corrected chi connectivity index (χ0v) is 11.3. The van der Waals surface area contributed by atoms with Crippen molar-refractivity contribution in [2.75, 3.05) is 16.8 Å². The van der Waals surface area contributed by atoms with Crippen molar-refractivity contribution in [1.82, 2.24) is 0 Å². The van der Waals surface area contributed by atoms with Crippen LogP contribution in [0, 0.1) is 0 Å². The number of benzene rings is 2. The average Bonchev–Trinajstić information content (AvgIpc) is 2.53. The number of carbonyl (C=O) groups is 2. The van der Waals surface area contributed by atoms with Gasteiger partial charge in [0.05, 0.1) is 11.4 Å². The minimum atomic E-state index is -0.787. The summed E-state index contributed by atoms with van der Waals surface area (Å²) in [6.07, 6.45) is 0. The molecule has 2 aromatic carbocycles. The second-order valence-corrected chi connectivity index (χ2v) is 4.88. The lowest BCUT2D eigenvalue weighted by Crippen LogP contribution is -2.46. The lowest BCUT2D eigenvalue weighted by Gasteiger charge is -2.31. The number of para-hydroxylation sites is 2. The summed E-state index contributed by atoms with van der Waals surface area (Å²) >= 11 is 0. The molecule has 106 valence electrons. The lowest BCUT2D eigenvalue weighted by atomic mass is 10.1. The first-order chi connectivity index (χ1) is 10.2. The fourth-order valence-corrected chi connectivity index (χ4v) is 2.40. The van der Waals surface area contributed by atoms with Crippen molar-refractivity contribution < 1.29 is 9.59 Å². The fourth-order valence-electron chi connectivity index (χ4n) is 2.40. The first-order valence-electron chi connectivity index (χ1n) is 6.67. The van der Waals surface area contributed by atoms with E-state index in [4.69, 9.17) is 5.73 Å². The Morgan fingerprint density at radius 1 is 1.10 bits per heavy atom. The van der Waals surface area contributed by atoms with E-state index in [0.29, 0.717) is 11.4 Å². The molecule has 0 bridgehead atoms. The van der Waals surface area contributed by atoms with Crippen molar-refractivity contribution in [3.8, 4) is 0 Å². The first kappa shape index (κ1) is 13.3. The second-order valence-electron chi connectivity index (χ2n) is 4.88. The maximum atomic E-state index is 12.6. The number of nitrogens with one attached hydrogen (secondary N) is 1. The van der Waals surface area contributed by atoms with Gasteiger partial charge in [0.2, 0.25) is 11.8 Å². The van der Waals surface area contributed by atoms with E-state index in [9.17, 15) is 9.59 Å². The number of nitrogens with two attached hydrogens (primary N) is 1. The molecule has 1 atom stereocenters. The molecule has 3 rings (SSSR count). The van der Waals surface area contributed by atoms with E-state index in [1.54, 1.807) is 24.3 Å². The Morgan fingerprint density at radius 2 is 1.76 bits per heavy atom. The summed E-state index contributed by atoms with van der Waals surface area (Å²) in [5.74, 6) is -0.509. The number of fused-ring (bicyclic) bond motifs is 1. The molecular formula is C16H15N3O2. The van der Waals surface area contributed by atoms with Gasteiger partial charge in [0.15, 0.2) is 0 Å². The van der Waals surface area contributed by atoms with Crippen LogP contribution in [0.4, 0.5) is 11.4 Å². The number of hydrogen-bond acceptors (Lipinski definition) is 3. The predicted octanol–water partition coefficient (Wildman–Crippen LogP) is 1.67. The zero-order chi connectivity index (χ0) is 14.8. The van der Waals surface area contributed by atoms with E-state index in [1.807, 2.05) is 30.3 Å². The molecule has 0 fully saturated rings. The van der Waals surface area contributed by atoms with E-state index in [-0.39, 0.29) is 18.4 Å². The van der Waals surface area contributed by atoms with E-state index in [1.165, 1.54) is 4.90 Å². The molecule has 0 aliphatic carbocycles. The molecule has 0 saturated heterocycles. The number of amides is 2. The molecule has 1 heterocycles. The van der Waals surface area contributed by atoms with Gasteiger partial charge in [-0.1, -0.05) is 42.5 Å². The van der Waals surface area contributed by atoms with Crippen molar-refractivity contribution in [3.63, 3.8) is 0 Å². The summed E-state index contributed by atoms with van der Waals surface area (Å²) in [5.41, 5.74) is 8.08. The summed E-state index contributed by atoms with van der Waals surface area (Å²) in [7, 11) is 0. The van der Waals surface area contributed by atoms with Crippen molar-refractivity contribution in [2.24, 2.45) is 5.73 Å². The Labute approximate surface area is 122 Å². The summed E-state index contributed by atoms with van der Waals surface area (Å²) in [4.78, 5) is 25.8. The third-order valence-corrected chi connectivity index (χ3v) is 3.46. The van der Waals surface area contributed by atoms with Crippen LogP contribution < -0.4 is 16.0 Å². The third kappa shape index (κ3) is 2.51. The van der Waals surface area contributed by atoms with Gasteiger partial charge in [0.1, 0.15) is 12.6 Å². The molecule has 0 aromatic heterocycles. The number of rotatable bonds is 2. The standard InChI is InChI=1S/C16H15N3O2/c17-15(11-6-2-1-3-7-11)16(21)19-10-14(20)18-12-8-4-5-9-13(12)19/h1-9,15H,10,17H2,(H,18,20). The number of hydrogen-bond donors (Lipinski definition) is 2. The average molecular weight is 281 g/mol. The summed E-state index contributed by atoms with van der Waals surface area (Å²) in [6.45, 7) is -0.0175. The second kappa shape index (κ2) is 5.38. The van der Waals surface area contributed by atoms with Crippen LogP contribution >= 0.6 is 0 Å². The van der Waals surface area contributed by atoms with E-state index < -0.39 is 6.04 Å². The molecule has 3 N–H and O–H groups in total. The topological polar surface area (TPSA) is 75.4 Å². The molecule has 5 heteroatoms. The quantitative estimate of drug-likeness (QED) is 0.879. The van der Waals surface area contributed by atoms with Crippen LogP contribution in [-0.4, -0.2) is 18.4 Å². The van der Waals surface area contributed by atoms with Crippen LogP contribution in [0.5, 0.6) is 0 Å². The Morgan fingerprint density at radius 3 is 2.52 bits per heavy atom. The minimum absolute atomic E-state index is 0.0175. The van der Waals surface area contributed by atoms with E-state index in [2.05, 4.69) is 5.32 Å². The molecule has 0 saturated carbocycles. The van der Waals surface area contributed by atoms with Gasteiger partial charge in [-0.25, -0.2) is 0 Å². The first-order valence-corrected chi connectivity index (χ1v) is 6.67. The Bertz CT molecular complexity index is 685. The van der Waals surface area contributed by atoms with E-state index in [0.717, 1.165) is 5.56 Å². The molecule has 1 aliphatic heterocycles. The summed E-state index contributed by atoms with van der Waals surface area (Å²) in [6, 6.07) is 15.5. The zero-order valence-electron chi connectivity index (χ0n) is 11.3. The van der Waals surface area contributed by atoms with Crippen molar-refractivity contribution in [3.05, 3.63) is 60.2 Å². The van der Waals surface area contributed by atoms with Gasteiger partial charge in [0.25, 0.3) is 0 Å². The van der Waals surface area contributed by atoms with Crippen LogP contribution in [0.25, 0.3) is 0 Å². The van der Waals surface area contributed by atoms with Gasteiger partial charge in [0, 0.05) is 0 Å². The monoisotopic (exact) mass is 281 g/mol. The van der Waals surface area contributed by atoms with Crippen molar-refractivity contribution in [2.45, 2.75) is 6.04 Å². The molecule has 0 radical (unpaired) electrons. The maximum Gasteiger partial charge on any atom is 0.249 e. The van der Waals surface area contributed by atoms with Gasteiger partial charge in [-0.3, -0.25) is 14.5 Å². The predicted molar refractivity (Wildman–Crippen MR) is 80.8 cm³/mol. The molecule has 2 aromatic rings. The fraction of sp³-hybridized carbons (Fsp3) is 0.125. The third-order valence-electron chi connectivity index (χ3n) is 3.46. The highest BCUT2D eigenvalue weighted by molar-refractivity contribution is 6.11. The summed E-state index contributed by atoms with van der Waals surface area (Å²) < 4.78 is 0. The molecular weight excluding hydrogens is 266 g/mol. The van der Waals surface area contributed by atoms with Crippen molar-refractivity contribution in [1.29, 1.82) is 0 Å². The number of nitrogens with zero attached hydrogens (tertiary/aromatic N) is 1. The molecule has 0 spiro atoms. The minimum Gasteiger partial charge on any atom is -0.323 e. The normalized spacial score (nSPS) is 15.1. The lowest BCUT2D eigenvalue weighted by molar-refractivity contribution is -0.122. The van der Waals surface area contributed by atoms with Crippen LogP contribution in [0.15, 0.2) is 54.6 Å². The Kier molecular flexibility index (Phi) is 3.41.